The van der Waals surface area contributed by atoms with Gasteiger partial charge in [-0.15, -0.1) is 0 Å². The van der Waals surface area contributed by atoms with Crippen LogP contribution in [0.1, 0.15) is 46.0 Å². The van der Waals surface area contributed by atoms with Gasteiger partial charge in [-0.1, -0.05) is 53.0 Å². The molecule has 12 nitrogen and oxygen atoms in total. The first kappa shape index (κ1) is 38.0. The largest absolute Gasteiger partial charge is 0.619 e. The third kappa shape index (κ3) is 8.90. The maximum Gasteiger partial charge on any atom is 0.414 e. The smallest absolute Gasteiger partial charge is 0.414 e. The number of carbonyl (C=O) groups is 3. The molecular formula is C38H36Cl3N3O9. The number of amides is 1. The quantitative estimate of drug-likeness (QED) is 0.0594. The number of fused-ring (bicyclic) bond motifs is 3. The zero-order valence-electron chi connectivity index (χ0n) is 28.8. The summed E-state index contributed by atoms with van der Waals surface area (Å²) in [6, 6.07) is 16.2. The van der Waals surface area contributed by atoms with Gasteiger partial charge in [0.2, 0.25) is 0 Å². The molecule has 53 heavy (non-hydrogen) atoms. The number of nitrogens with zero attached hydrogens (tertiary/aromatic N) is 3. The Morgan fingerprint density at radius 2 is 1.64 bits per heavy atom. The SMILES string of the molecule is COc1ccc([C@H](Cc2c(Cl)c[n+]([O-])cc2Cl)OC(=O)c2ccc(CN(C(=O)O[C@H]3CN4CCC3CC4)c3cc(OC=O)ccc3Cl)cc2)cc1OC. The van der Waals surface area contributed by atoms with Gasteiger partial charge in [0.1, 0.15) is 28.0 Å². The number of esters is 1. The lowest BCUT2D eigenvalue weighted by molar-refractivity contribution is -0.605. The Labute approximate surface area is 321 Å². The first-order valence-electron chi connectivity index (χ1n) is 16.8. The van der Waals surface area contributed by atoms with E-state index in [1.165, 1.54) is 49.7 Å². The van der Waals surface area contributed by atoms with Crippen LogP contribution in [0.3, 0.4) is 0 Å². The zero-order valence-corrected chi connectivity index (χ0v) is 31.1. The number of aromatic nitrogens is 1. The number of anilines is 1. The number of halogens is 3. The van der Waals surface area contributed by atoms with Crippen LogP contribution in [0, 0.1) is 11.1 Å². The molecule has 0 saturated carbocycles. The average molecular weight is 785 g/mol. The number of rotatable bonds is 13. The molecule has 3 aromatic carbocycles. The Morgan fingerprint density at radius 3 is 2.26 bits per heavy atom. The first-order chi connectivity index (χ1) is 25.6. The van der Waals surface area contributed by atoms with Crippen molar-refractivity contribution in [1.29, 1.82) is 0 Å². The number of carbonyl (C=O) groups excluding carboxylic acids is 3. The molecule has 0 spiro atoms. The van der Waals surface area contributed by atoms with Gasteiger partial charge in [0.15, 0.2) is 23.9 Å². The highest BCUT2D eigenvalue weighted by Crippen LogP contribution is 2.37. The maximum atomic E-state index is 13.8. The van der Waals surface area contributed by atoms with Crippen LogP contribution in [-0.4, -0.2) is 63.4 Å². The van der Waals surface area contributed by atoms with Crippen LogP contribution in [0.4, 0.5) is 10.5 Å². The molecule has 4 heterocycles. The summed E-state index contributed by atoms with van der Waals surface area (Å²) in [5.41, 5.74) is 2.14. The minimum Gasteiger partial charge on any atom is -0.619 e. The molecule has 7 rings (SSSR count). The van der Waals surface area contributed by atoms with Crippen molar-refractivity contribution in [2.75, 3.05) is 38.8 Å². The second-order valence-corrected chi connectivity index (χ2v) is 13.9. The van der Waals surface area contributed by atoms with Crippen LogP contribution >= 0.6 is 34.8 Å². The molecule has 4 aromatic rings. The molecule has 0 unspecified atom stereocenters. The normalized spacial score (nSPS) is 18.1. The zero-order chi connectivity index (χ0) is 37.6. The summed E-state index contributed by atoms with van der Waals surface area (Å²) in [4.78, 5) is 42.3. The van der Waals surface area contributed by atoms with Crippen molar-refractivity contribution in [2.45, 2.75) is 38.0 Å². The summed E-state index contributed by atoms with van der Waals surface area (Å²) in [6.45, 7) is 2.95. The van der Waals surface area contributed by atoms with E-state index in [9.17, 15) is 19.6 Å². The number of hydrogen-bond acceptors (Lipinski definition) is 10. The summed E-state index contributed by atoms with van der Waals surface area (Å²) >= 11 is 19.4. The van der Waals surface area contributed by atoms with Gasteiger partial charge in [-0.05, 0) is 79.4 Å². The summed E-state index contributed by atoms with van der Waals surface area (Å²) in [7, 11) is 3.00. The molecule has 3 aliphatic rings. The second-order valence-electron chi connectivity index (χ2n) is 12.7. The molecule has 0 radical (unpaired) electrons. The van der Waals surface area contributed by atoms with E-state index in [-0.39, 0.29) is 51.4 Å². The summed E-state index contributed by atoms with van der Waals surface area (Å²) in [6.07, 6.45) is 2.53. The Bertz CT molecular complexity index is 1950. The van der Waals surface area contributed by atoms with Gasteiger partial charge in [0.25, 0.3) is 6.47 Å². The van der Waals surface area contributed by atoms with Gasteiger partial charge >= 0.3 is 12.1 Å². The predicted molar refractivity (Wildman–Crippen MR) is 197 cm³/mol. The van der Waals surface area contributed by atoms with Crippen molar-refractivity contribution in [1.82, 2.24) is 4.90 Å². The minimum absolute atomic E-state index is 0.0263. The van der Waals surface area contributed by atoms with E-state index in [0.29, 0.717) is 51.6 Å². The van der Waals surface area contributed by atoms with E-state index in [0.717, 1.165) is 25.9 Å². The molecular weight excluding hydrogens is 749 g/mol. The van der Waals surface area contributed by atoms with Crippen molar-refractivity contribution in [2.24, 2.45) is 5.92 Å². The molecule has 2 atom stereocenters. The van der Waals surface area contributed by atoms with Gasteiger partial charge in [0, 0.05) is 24.6 Å². The minimum atomic E-state index is -0.904. The standard InChI is InChI=1S/C38H36Cl3N3O9/c1-49-33-10-7-26(15-35(33)50-2)34(17-28-30(40)19-43(48)20-31(28)41)52-37(46)25-5-3-23(4-6-25)18-44(32-16-27(51-22-45)8-9-29(32)39)38(47)53-36-21-42-13-11-24(36)12-14-42/h3-10,15-16,19-20,22,24,34,36H,11-14,17-18,21H2,1-2H3/t34-,36-/m0/s1. The molecule has 3 aliphatic heterocycles. The summed E-state index contributed by atoms with van der Waals surface area (Å²) in [5, 5.41) is 12.4. The fraction of sp³-hybridized carbons (Fsp3) is 0.316. The lowest BCUT2D eigenvalue weighted by atomic mass is 9.86. The van der Waals surface area contributed by atoms with E-state index in [1.54, 1.807) is 42.5 Å². The fourth-order valence-corrected chi connectivity index (χ4v) is 7.45. The van der Waals surface area contributed by atoms with E-state index in [2.05, 4.69) is 4.90 Å². The van der Waals surface area contributed by atoms with Crippen molar-refractivity contribution < 1.29 is 42.8 Å². The molecule has 3 fully saturated rings. The second kappa shape index (κ2) is 16.9. The highest BCUT2D eigenvalue weighted by molar-refractivity contribution is 6.35. The topological polar surface area (TPSA) is 131 Å². The van der Waals surface area contributed by atoms with Gasteiger partial charge in [-0.3, -0.25) is 14.6 Å². The van der Waals surface area contributed by atoms with Gasteiger partial charge in [0.05, 0.1) is 37.0 Å². The predicted octanol–water partition coefficient (Wildman–Crippen LogP) is 7.21. The van der Waals surface area contributed by atoms with E-state index < -0.39 is 18.2 Å². The van der Waals surface area contributed by atoms with Crippen LogP contribution < -0.4 is 23.8 Å². The van der Waals surface area contributed by atoms with Gasteiger partial charge in [-0.2, -0.15) is 4.73 Å². The molecule has 0 N–H and O–H groups in total. The van der Waals surface area contributed by atoms with Gasteiger partial charge < -0.3 is 28.9 Å². The Morgan fingerprint density at radius 1 is 0.943 bits per heavy atom. The fourth-order valence-electron chi connectivity index (χ4n) is 6.63. The van der Waals surface area contributed by atoms with Crippen LogP contribution in [-0.2, 0) is 27.2 Å². The summed E-state index contributed by atoms with van der Waals surface area (Å²) in [5.74, 6) is 0.714. The van der Waals surface area contributed by atoms with Crippen LogP contribution in [0.5, 0.6) is 17.2 Å². The number of benzene rings is 3. The van der Waals surface area contributed by atoms with Crippen molar-refractivity contribution >= 4 is 59.0 Å². The van der Waals surface area contributed by atoms with E-state index in [4.69, 9.17) is 58.5 Å². The molecule has 2 bridgehead atoms. The number of methoxy groups -OCH3 is 2. The lowest BCUT2D eigenvalue weighted by Crippen LogP contribution is -2.53. The van der Waals surface area contributed by atoms with Crippen LogP contribution in [0.25, 0.3) is 0 Å². The number of piperidine rings is 3. The molecule has 278 valence electrons. The monoisotopic (exact) mass is 783 g/mol. The molecule has 0 aliphatic carbocycles. The van der Waals surface area contributed by atoms with Gasteiger partial charge in [-0.25, -0.2) is 9.59 Å². The third-order valence-electron chi connectivity index (χ3n) is 9.47. The van der Waals surface area contributed by atoms with Crippen molar-refractivity contribution in [3.05, 3.63) is 116 Å². The summed E-state index contributed by atoms with van der Waals surface area (Å²) < 4.78 is 28.5. The Balaban J connectivity index is 1.24. The van der Waals surface area contributed by atoms with E-state index >= 15 is 0 Å². The van der Waals surface area contributed by atoms with Crippen LogP contribution in [0.15, 0.2) is 73.1 Å². The lowest BCUT2D eigenvalue weighted by Gasteiger charge is -2.44. The average Bonchev–Trinajstić information content (AvgIpc) is 3.16. The van der Waals surface area contributed by atoms with Crippen LogP contribution in [0.2, 0.25) is 15.1 Å². The highest BCUT2D eigenvalue weighted by Gasteiger charge is 2.38. The molecule has 1 amide bonds. The van der Waals surface area contributed by atoms with E-state index in [1.807, 2.05) is 0 Å². The van der Waals surface area contributed by atoms with Crippen molar-refractivity contribution in [3.63, 3.8) is 0 Å². The number of hydrogen-bond donors (Lipinski definition) is 0. The molecule has 3 saturated heterocycles. The third-order valence-corrected chi connectivity index (χ3v) is 10.4. The highest BCUT2D eigenvalue weighted by atomic mass is 35.5. The Kier molecular flexibility index (Phi) is 12.1. The first-order valence-corrected chi connectivity index (χ1v) is 17.9. The number of ether oxygens (including phenoxy) is 5. The Hall–Kier alpha value is -4.75. The van der Waals surface area contributed by atoms with Crippen molar-refractivity contribution in [3.8, 4) is 17.2 Å². The molecule has 1 aromatic heterocycles. The molecule has 15 heteroatoms. The number of pyridine rings is 1. The maximum absolute atomic E-state index is 13.8.